The number of carbonyl (C=O) groups is 1. The number of amides is 1. The van der Waals surface area contributed by atoms with Gasteiger partial charge in [0.2, 0.25) is 0 Å². The average Bonchev–Trinajstić information content (AvgIpc) is 2.99. The van der Waals surface area contributed by atoms with Gasteiger partial charge >= 0.3 is 6.61 Å². The number of halogens is 2. The van der Waals surface area contributed by atoms with Gasteiger partial charge in [0.15, 0.2) is 11.5 Å². The molecule has 0 spiro atoms. The summed E-state index contributed by atoms with van der Waals surface area (Å²) in [7, 11) is 1.37. The minimum atomic E-state index is -2.97. The van der Waals surface area contributed by atoms with Gasteiger partial charge in [-0.05, 0) is 43.4 Å². The molecule has 2 unspecified atom stereocenters. The van der Waals surface area contributed by atoms with Crippen molar-refractivity contribution in [2.45, 2.75) is 58.1 Å². The third-order valence-electron chi connectivity index (χ3n) is 4.55. The fourth-order valence-electron chi connectivity index (χ4n) is 3.30. The van der Waals surface area contributed by atoms with Crippen LogP contribution in [0.4, 0.5) is 8.78 Å². The van der Waals surface area contributed by atoms with Gasteiger partial charge < -0.3 is 14.8 Å². The molecule has 0 radical (unpaired) electrons. The van der Waals surface area contributed by atoms with Crippen molar-refractivity contribution < 1.29 is 23.0 Å². The van der Waals surface area contributed by atoms with Crippen molar-refractivity contribution in [3.05, 3.63) is 23.8 Å². The van der Waals surface area contributed by atoms with Gasteiger partial charge in [-0.3, -0.25) is 4.79 Å². The predicted molar refractivity (Wildman–Crippen MR) is 87.7 cm³/mol. The Balaban J connectivity index is 2.06. The molecule has 1 amide bonds. The van der Waals surface area contributed by atoms with E-state index in [0.717, 1.165) is 38.5 Å². The Morgan fingerprint density at radius 2 is 2.12 bits per heavy atom. The van der Waals surface area contributed by atoms with E-state index in [4.69, 9.17) is 4.74 Å². The van der Waals surface area contributed by atoms with Gasteiger partial charge in [0.1, 0.15) is 0 Å². The summed E-state index contributed by atoms with van der Waals surface area (Å²) < 4.78 is 34.4. The highest BCUT2D eigenvalue weighted by molar-refractivity contribution is 5.95. The molecule has 1 aromatic carbocycles. The van der Waals surface area contributed by atoms with Gasteiger partial charge in [0.05, 0.1) is 7.11 Å². The van der Waals surface area contributed by atoms with E-state index in [0.29, 0.717) is 11.5 Å². The molecule has 6 heteroatoms. The summed E-state index contributed by atoms with van der Waals surface area (Å²) in [6.45, 7) is -0.810. The van der Waals surface area contributed by atoms with E-state index < -0.39 is 6.61 Å². The van der Waals surface area contributed by atoms with Crippen LogP contribution in [-0.4, -0.2) is 25.7 Å². The Morgan fingerprint density at radius 1 is 1.33 bits per heavy atom. The second-order valence-corrected chi connectivity index (χ2v) is 6.16. The highest BCUT2D eigenvalue weighted by Gasteiger charge is 2.28. The van der Waals surface area contributed by atoms with Gasteiger partial charge in [-0.25, -0.2) is 0 Å². The van der Waals surface area contributed by atoms with E-state index in [1.165, 1.54) is 19.2 Å². The molecule has 4 nitrogen and oxygen atoms in total. The van der Waals surface area contributed by atoms with Crippen LogP contribution in [0.1, 0.15) is 55.8 Å². The van der Waals surface area contributed by atoms with Crippen LogP contribution in [0.15, 0.2) is 18.2 Å². The lowest BCUT2D eigenvalue weighted by molar-refractivity contribution is -0.0512. The SMILES string of the molecule is CCCCC1CCCC1NC(=O)c1ccc(OC)c(OC(F)F)c1. The Morgan fingerprint density at radius 3 is 2.79 bits per heavy atom. The first-order valence-electron chi connectivity index (χ1n) is 8.48. The van der Waals surface area contributed by atoms with Gasteiger partial charge in [0, 0.05) is 11.6 Å². The Labute approximate surface area is 141 Å². The normalized spacial score (nSPS) is 20.2. The largest absolute Gasteiger partial charge is 0.493 e. The lowest BCUT2D eigenvalue weighted by Crippen LogP contribution is -2.37. The van der Waals surface area contributed by atoms with Crippen LogP contribution in [-0.2, 0) is 0 Å². The first kappa shape index (κ1) is 18.5. The van der Waals surface area contributed by atoms with Crippen LogP contribution in [0, 0.1) is 5.92 Å². The summed E-state index contributed by atoms with van der Waals surface area (Å²) in [5.41, 5.74) is 0.299. The monoisotopic (exact) mass is 341 g/mol. The van der Waals surface area contributed by atoms with Gasteiger partial charge in [-0.2, -0.15) is 8.78 Å². The third-order valence-corrected chi connectivity index (χ3v) is 4.55. The summed E-state index contributed by atoms with van der Waals surface area (Å²) in [6, 6.07) is 4.49. The summed E-state index contributed by atoms with van der Waals surface area (Å²) in [4.78, 5) is 12.5. The van der Waals surface area contributed by atoms with Gasteiger partial charge in [0.25, 0.3) is 5.91 Å². The lowest BCUT2D eigenvalue weighted by Gasteiger charge is -2.21. The molecule has 0 saturated heterocycles. The van der Waals surface area contributed by atoms with E-state index in [2.05, 4.69) is 17.0 Å². The molecule has 24 heavy (non-hydrogen) atoms. The molecule has 0 bridgehead atoms. The molecule has 2 atom stereocenters. The molecule has 1 aromatic rings. The molecular formula is C18H25F2NO3. The summed E-state index contributed by atoms with van der Waals surface area (Å²) >= 11 is 0. The molecule has 1 saturated carbocycles. The zero-order valence-corrected chi connectivity index (χ0v) is 14.2. The predicted octanol–water partition coefficient (Wildman–Crippen LogP) is 4.39. The van der Waals surface area contributed by atoms with Crippen molar-refractivity contribution in [2.24, 2.45) is 5.92 Å². The highest BCUT2D eigenvalue weighted by Crippen LogP contribution is 2.32. The van der Waals surface area contributed by atoms with Crippen molar-refractivity contribution in [2.75, 3.05) is 7.11 Å². The van der Waals surface area contributed by atoms with Crippen molar-refractivity contribution in [3.63, 3.8) is 0 Å². The fraction of sp³-hybridized carbons (Fsp3) is 0.611. The maximum atomic E-state index is 12.5. The van der Waals surface area contributed by atoms with Gasteiger partial charge in [-0.1, -0.05) is 26.2 Å². The van der Waals surface area contributed by atoms with E-state index >= 15 is 0 Å². The maximum Gasteiger partial charge on any atom is 0.387 e. The molecule has 1 aliphatic rings. The maximum absolute atomic E-state index is 12.5. The second-order valence-electron chi connectivity index (χ2n) is 6.16. The Kier molecular flexibility index (Phi) is 6.82. The number of hydrogen-bond acceptors (Lipinski definition) is 3. The number of nitrogens with one attached hydrogen (secondary N) is 1. The smallest absolute Gasteiger partial charge is 0.387 e. The van der Waals surface area contributed by atoms with Crippen LogP contribution in [0.5, 0.6) is 11.5 Å². The zero-order valence-electron chi connectivity index (χ0n) is 14.2. The molecule has 0 aliphatic heterocycles. The number of methoxy groups -OCH3 is 1. The van der Waals surface area contributed by atoms with Gasteiger partial charge in [-0.15, -0.1) is 0 Å². The Hall–Kier alpha value is -1.85. The molecule has 1 fully saturated rings. The number of rotatable bonds is 8. The highest BCUT2D eigenvalue weighted by atomic mass is 19.3. The number of hydrogen-bond donors (Lipinski definition) is 1. The number of ether oxygens (including phenoxy) is 2. The Bertz CT molecular complexity index is 551. The number of benzene rings is 1. The van der Waals surface area contributed by atoms with E-state index in [1.54, 1.807) is 6.07 Å². The molecule has 1 aliphatic carbocycles. The van der Waals surface area contributed by atoms with Crippen LogP contribution in [0.3, 0.4) is 0 Å². The lowest BCUT2D eigenvalue weighted by atomic mass is 9.96. The number of unbranched alkanes of at least 4 members (excludes halogenated alkanes) is 1. The van der Waals surface area contributed by atoms with Crippen molar-refractivity contribution >= 4 is 5.91 Å². The van der Waals surface area contributed by atoms with Crippen LogP contribution in [0.25, 0.3) is 0 Å². The van der Waals surface area contributed by atoms with Crippen molar-refractivity contribution in [1.82, 2.24) is 5.32 Å². The van der Waals surface area contributed by atoms with Crippen LogP contribution in [0.2, 0.25) is 0 Å². The third kappa shape index (κ3) is 4.82. The minimum absolute atomic E-state index is 0.130. The number of carbonyl (C=O) groups excluding carboxylic acids is 1. The number of alkyl halides is 2. The van der Waals surface area contributed by atoms with E-state index in [1.807, 2.05) is 0 Å². The molecule has 0 aromatic heterocycles. The quantitative estimate of drug-likeness (QED) is 0.763. The molecule has 134 valence electrons. The minimum Gasteiger partial charge on any atom is -0.493 e. The topological polar surface area (TPSA) is 47.6 Å². The zero-order chi connectivity index (χ0) is 17.5. The average molecular weight is 341 g/mol. The van der Waals surface area contributed by atoms with Crippen molar-refractivity contribution in [3.8, 4) is 11.5 Å². The van der Waals surface area contributed by atoms with Crippen LogP contribution < -0.4 is 14.8 Å². The second kappa shape index (κ2) is 8.85. The summed E-state index contributed by atoms with van der Waals surface area (Å²) in [5, 5.41) is 3.05. The molecule has 2 rings (SSSR count). The fourth-order valence-corrected chi connectivity index (χ4v) is 3.30. The summed E-state index contributed by atoms with van der Waals surface area (Å²) in [5.74, 6) is 0.289. The van der Waals surface area contributed by atoms with Crippen molar-refractivity contribution in [1.29, 1.82) is 0 Å². The van der Waals surface area contributed by atoms with E-state index in [-0.39, 0.29) is 23.4 Å². The summed E-state index contributed by atoms with van der Waals surface area (Å²) in [6.07, 6.45) is 6.63. The standard InChI is InChI=1S/C18H25F2NO3/c1-3-4-6-12-7-5-8-14(12)21-17(22)13-9-10-15(23-2)16(11-13)24-18(19)20/h9-12,14,18H,3-8H2,1-2H3,(H,21,22). The van der Waals surface area contributed by atoms with E-state index in [9.17, 15) is 13.6 Å². The first-order valence-corrected chi connectivity index (χ1v) is 8.48. The molecule has 0 heterocycles. The molecular weight excluding hydrogens is 316 g/mol. The molecule has 1 N–H and O–H groups in total. The van der Waals surface area contributed by atoms with Crippen LogP contribution >= 0.6 is 0 Å². The first-order chi connectivity index (χ1) is 11.5.